The molecule has 0 fully saturated rings. The van der Waals surface area contributed by atoms with Crippen molar-refractivity contribution < 1.29 is 8.42 Å². The summed E-state index contributed by atoms with van der Waals surface area (Å²) in [5.41, 5.74) is 6.32. The summed E-state index contributed by atoms with van der Waals surface area (Å²) in [5, 5.41) is 0.269. The number of nitrogen functional groups attached to an aromatic ring is 1. The topological polar surface area (TPSA) is 75.4 Å². The molecule has 96 valence electrons. The highest BCUT2D eigenvalue weighted by atomic mass is 35.5. The fraction of sp³-hybridized carbons (Fsp3) is 0.400. The van der Waals surface area contributed by atoms with Crippen LogP contribution in [0.15, 0.2) is 18.2 Å². The quantitative estimate of drug-likeness (QED) is 0.826. The normalized spacial score (nSPS) is 12.1. The van der Waals surface area contributed by atoms with E-state index in [1.54, 1.807) is 19.9 Å². The Kier molecular flexibility index (Phi) is 4.24. The van der Waals surface area contributed by atoms with Crippen LogP contribution >= 0.6 is 11.6 Å². The molecule has 0 atom stereocenters. The number of hydrogen-bond donors (Lipinski definition) is 2. The molecule has 0 bridgehead atoms. The van der Waals surface area contributed by atoms with E-state index < -0.39 is 10.2 Å². The van der Waals surface area contributed by atoms with Gasteiger partial charge in [0.1, 0.15) is 0 Å². The van der Waals surface area contributed by atoms with Crippen molar-refractivity contribution in [2.75, 3.05) is 17.5 Å². The Hall–Kier alpha value is -0.980. The van der Waals surface area contributed by atoms with Gasteiger partial charge in [0.05, 0.1) is 10.7 Å². The zero-order chi connectivity index (χ0) is 13.2. The predicted octanol–water partition coefficient (Wildman–Crippen LogP) is 1.92. The second-order valence-electron chi connectivity index (χ2n) is 3.96. The first-order valence-electron chi connectivity index (χ1n) is 5.05. The van der Waals surface area contributed by atoms with Crippen LogP contribution in [0.25, 0.3) is 0 Å². The summed E-state index contributed by atoms with van der Waals surface area (Å²) in [5.74, 6) is 0. The third-order valence-corrected chi connectivity index (χ3v) is 4.31. The maximum atomic E-state index is 11.9. The van der Waals surface area contributed by atoms with E-state index in [2.05, 4.69) is 4.72 Å². The lowest BCUT2D eigenvalue weighted by molar-refractivity contribution is 0.414. The van der Waals surface area contributed by atoms with Gasteiger partial charge in [0.25, 0.3) is 0 Å². The van der Waals surface area contributed by atoms with Crippen LogP contribution in [-0.2, 0) is 10.2 Å². The smallest absolute Gasteiger partial charge is 0.301 e. The number of nitrogens with one attached hydrogen (secondary N) is 1. The fourth-order valence-electron chi connectivity index (χ4n) is 1.10. The van der Waals surface area contributed by atoms with Crippen LogP contribution in [-0.4, -0.2) is 25.8 Å². The SMILES string of the molecule is CC(C)N(C)S(=O)(=O)Nc1ccc(N)cc1Cl. The molecule has 0 spiro atoms. The highest BCUT2D eigenvalue weighted by molar-refractivity contribution is 7.90. The van der Waals surface area contributed by atoms with Gasteiger partial charge in [-0.15, -0.1) is 0 Å². The van der Waals surface area contributed by atoms with Gasteiger partial charge in [0.2, 0.25) is 0 Å². The number of hydrogen-bond acceptors (Lipinski definition) is 3. The summed E-state index contributed by atoms with van der Waals surface area (Å²) < 4.78 is 27.4. The van der Waals surface area contributed by atoms with Crippen molar-refractivity contribution in [3.8, 4) is 0 Å². The number of halogens is 1. The fourth-order valence-corrected chi connectivity index (χ4v) is 2.55. The summed E-state index contributed by atoms with van der Waals surface area (Å²) in [7, 11) is -2.09. The Morgan fingerprint density at radius 1 is 1.41 bits per heavy atom. The average Bonchev–Trinajstić information content (AvgIpc) is 2.21. The van der Waals surface area contributed by atoms with Gasteiger partial charge < -0.3 is 5.73 Å². The van der Waals surface area contributed by atoms with Crippen molar-refractivity contribution in [3.63, 3.8) is 0 Å². The van der Waals surface area contributed by atoms with Gasteiger partial charge in [-0.25, -0.2) is 0 Å². The Bertz CT molecular complexity index is 502. The first-order chi connectivity index (χ1) is 7.74. The van der Waals surface area contributed by atoms with Crippen LogP contribution in [0.1, 0.15) is 13.8 Å². The Morgan fingerprint density at radius 2 is 2.00 bits per heavy atom. The monoisotopic (exact) mass is 277 g/mol. The number of nitrogens with two attached hydrogens (primary N) is 1. The van der Waals surface area contributed by atoms with E-state index in [1.165, 1.54) is 23.5 Å². The van der Waals surface area contributed by atoms with Gasteiger partial charge >= 0.3 is 10.2 Å². The second kappa shape index (κ2) is 5.12. The largest absolute Gasteiger partial charge is 0.399 e. The third-order valence-electron chi connectivity index (χ3n) is 2.34. The summed E-state index contributed by atoms with van der Waals surface area (Å²) in [4.78, 5) is 0. The molecule has 5 nitrogen and oxygen atoms in total. The summed E-state index contributed by atoms with van der Waals surface area (Å²) in [6.45, 7) is 3.56. The predicted molar refractivity (Wildman–Crippen MR) is 71.3 cm³/mol. The highest BCUT2D eigenvalue weighted by Gasteiger charge is 2.21. The lowest BCUT2D eigenvalue weighted by Gasteiger charge is -2.22. The average molecular weight is 278 g/mol. The number of nitrogens with zero attached hydrogens (tertiary/aromatic N) is 1. The van der Waals surface area contributed by atoms with Gasteiger partial charge in [0.15, 0.2) is 0 Å². The minimum atomic E-state index is -3.59. The molecule has 0 amide bonds. The van der Waals surface area contributed by atoms with Gasteiger partial charge in [-0.2, -0.15) is 12.7 Å². The Balaban J connectivity index is 2.98. The molecule has 0 saturated carbocycles. The first-order valence-corrected chi connectivity index (χ1v) is 6.86. The van der Waals surface area contributed by atoms with Crippen molar-refractivity contribution in [1.82, 2.24) is 4.31 Å². The van der Waals surface area contributed by atoms with E-state index in [1.807, 2.05) is 0 Å². The number of rotatable bonds is 4. The zero-order valence-electron chi connectivity index (χ0n) is 9.94. The molecule has 1 rings (SSSR count). The van der Waals surface area contributed by atoms with Gasteiger partial charge in [-0.05, 0) is 32.0 Å². The van der Waals surface area contributed by atoms with E-state index >= 15 is 0 Å². The lowest BCUT2D eigenvalue weighted by Crippen LogP contribution is -2.37. The first kappa shape index (κ1) is 14.1. The molecule has 0 aliphatic heterocycles. The van der Waals surface area contributed by atoms with Gasteiger partial charge in [-0.1, -0.05) is 11.6 Å². The minimum absolute atomic E-state index is 0.139. The molecule has 17 heavy (non-hydrogen) atoms. The second-order valence-corrected chi connectivity index (χ2v) is 6.09. The molecule has 0 aliphatic rings. The van der Waals surface area contributed by atoms with Crippen LogP contribution in [0, 0.1) is 0 Å². The maximum Gasteiger partial charge on any atom is 0.301 e. The molecule has 0 aliphatic carbocycles. The van der Waals surface area contributed by atoms with E-state index in [4.69, 9.17) is 17.3 Å². The molecular formula is C10H16ClN3O2S. The molecule has 0 heterocycles. The van der Waals surface area contributed by atoms with Crippen molar-refractivity contribution >= 4 is 33.2 Å². The molecule has 1 aromatic carbocycles. The van der Waals surface area contributed by atoms with Crippen molar-refractivity contribution in [3.05, 3.63) is 23.2 Å². The summed E-state index contributed by atoms with van der Waals surface area (Å²) in [6, 6.07) is 4.47. The number of anilines is 2. The Morgan fingerprint density at radius 3 is 2.47 bits per heavy atom. The van der Waals surface area contributed by atoms with Crippen LogP contribution in [0.2, 0.25) is 5.02 Å². The van der Waals surface area contributed by atoms with Crippen molar-refractivity contribution in [2.45, 2.75) is 19.9 Å². The number of benzene rings is 1. The molecule has 3 N–H and O–H groups in total. The van der Waals surface area contributed by atoms with Crippen molar-refractivity contribution in [2.24, 2.45) is 0 Å². The van der Waals surface area contributed by atoms with Crippen molar-refractivity contribution in [1.29, 1.82) is 0 Å². The minimum Gasteiger partial charge on any atom is -0.399 e. The molecule has 7 heteroatoms. The lowest BCUT2D eigenvalue weighted by atomic mass is 10.3. The Labute approximate surface area is 107 Å². The van der Waals surface area contributed by atoms with Crippen LogP contribution < -0.4 is 10.5 Å². The van der Waals surface area contributed by atoms with E-state index in [0.29, 0.717) is 11.4 Å². The molecule has 0 radical (unpaired) electrons. The van der Waals surface area contributed by atoms with E-state index in [9.17, 15) is 8.42 Å². The van der Waals surface area contributed by atoms with Crippen LogP contribution in [0.5, 0.6) is 0 Å². The summed E-state index contributed by atoms with van der Waals surface area (Å²) >= 11 is 5.89. The summed E-state index contributed by atoms with van der Waals surface area (Å²) in [6.07, 6.45) is 0. The highest BCUT2D eigenvalue weighted by Crippen LogP contribution is 2.25. The van der Waals surface area contributed by atoms with Gasteiger partial charge in [-0.3, -0.25) is 4.72 Å². The standard InChI is InChI=1S/C10H16ClN3O2S/c1-7(2)14(3)17(15,16)13-10-5-4-8(12)6-9(10)11/h4-7,13H,12H2,1-3H3. The zero-order valence-corrected chi connectivity index (χ0v) is 11.5. The van der Waals surface area contributed by atoms with E-state index in [0.717, 1.165) is 0 Å². The van der Waals surface area contributed by atoms with Crippen LogP contribution in [0.4, 0.5) is 11.4 Å². The molecule has 1 aromatic rings. The molecule has 0 saturated heterocycles. The third kappa shape index (κ3) is 3.49. The maximum absolute atomic E-state index is 11.9. The molecular weight excluding hydrogens is 262 g/mol. The van der Waals surface area contributed by atoms with E-state index in [-0.39, 0.29) is 11.1 Å². The van der Waals surface area contributed by atoms with Gasteiger partial charge in [0, 0.05) is 18.8 Å². The molecule has 0 unspecified atom stereocenters. The molecule has 0 aromatic heterocycles. The van der Waals surface area contributed by atoms with Crippen LogP contribution in [0.3, 0.4) is 0 Å².